The molecule has 1 aromatic heterocycles. The number of carbonyl (C=O) groups is 1. The molecule has 1 aromatic carbocycles. The number of nitrogens with zero attached hydrogens (tertiary/aromatic N) is 1. The van der Waals surface area contributed by atoms with Gasteiger partial charge in [0.1, 0.15) is 11.3 Å². The zero-order valence-electron chi connectivity index (χ0n) is 9.47. The van der Waals surface area contributed by atoms with Crippen molar-refractivity contribution in [1.29, 1.82) is 0 Å². The highest BCUT2D eigenvalue weighted by atomic mass is 16.5. The number of oxazole rings is 1. The summed E-state index contributed by atoms with van der Waals surface area (Å²) in [6.45, 7) is 2.17. The van der Waals surface area contributed by atoms with Crippen molar-refractivity contribution in [2.75, 3.05) is 6.61 Å². The highest BCUT2D eigenvalue weighted by molar-refractivity contribution is 5.74. The van der Waals surface area contributed by atoms with Crippen molar-refractivity contribution in [2.24, 2.45) is 0 Å². The molecule has 5 nitrogen and oxygen atoms in total. The van der Waals surface area contributed by atoms with Crippen LogP contribution in [0, 0.1) is 6.92 Å². The number of carboxylic acid groups (broad SMARTS) is 1. The van der Waals surface area contributed by atoms with Crippen LogP contribution in [0.4, 0.5) is 0 Å². The van der Waals surface area contributed by atoms with E-state index in [0.29, 0.717) is 24.7 Å². The van der Waals surface area contributed by atoms with E-state index in [1.807, 2.05) is 0 Å². The van der Waals surface area contributed by atoms with Crippen molar-refractivity contribution in [3.05, 3.63) is 24.1 Å². The number of ether oxygens (including phenoxy) is 1. The van der Waals surface area contributed by atoms with Crippen molar-refractivity contribution in [1.82, 2.24) is 4.98 Å². The van der Waals surface area contributed by atoms with Gasteiger partial charge < -0.3 is 14.3 Å². The molecule has 1 N–H and O–H groups in total. The molecule has 0 fully saturated rings. The molecule has 0 aliphatic carbocycles. The van der Waals surface area contributed by atoms with Gasteiger partial charge in [0.15, 0.2) is 11.5 Å². The highest BCUT2D eigenvalue weighted by Crippen LogP contribution is 2.21. The molecule has 17 heavy (non-hydrogen) atoms. The largest absolute Gasteiger partial charge is 0.493 e. The first-order valence-electron chi connectivity index (χ1n) is 5.37. The molecular weight excluding hydrogens is 222 g/mol. The minimum absolute atomic E-state index is 0.116. The molecule has 0 amide bonds. The number of hydrogen-bond donors (Lipinski definition) is 1. The van der Waals surface area contributed by atoms with Crippen molar-refractivity contribution < 1.29 is 19.1 Å². The maximum atomic E-state index is 10.3. The zero-order valence-corrected chi connectivity index (χ0v) is 9.47. The lowest BCUT2D eigenvalue weighted by molar-refractivity contribution is -0.137. The predicted molar refractivity (Wildman–Crippen MR) is 61.1 cm³/mol. The summed E-state index contributed by atoms with van der Waals surface area (Å²) in [5.41, 5.74) is 1.47. The Bertz CT molecular complexity index is 532. The molecular formula is C12H13NO4. The van der Waals surface area contributed by atoms with Crippen molar-refractivity contribution >= 4 is 17.1 Å². The quantitative estimate of drug-likeness (QED) is 0.805. The molecule has 0 saturated carbocycles. The average molecular weight is 235 g/mol. The van der Waals surface area contributed by atoms with Crippen LogP contribution in [0.15, 0.2) is 22.6 Å². The lowest BCUT2D eigenvalue weighted by atomic mass is 10.3. The molecule has 0 bridgehead atoms. The SMILES string of the molecule is Cc1nc2cc(OCCCC(=O)O)ccc2o1. The Balaban J connectivity index is 1.96. The van der Waals surface area contributed by atoms with Crippen LogP contribution in [-0.2, 0) is 4.79 Å². The fourth-order valence-electron chi connectivity index (χ4n) is 1.53. The maximum absolute atomic E-state index is 10.3. The van der Waals surface area contributed by atoms with Gasteiger partial charge in [-0.25, -0.2) is 4.98 Å². The van der Waals surface area contributed by atoms with Crippen LogP contribution in [0.25, 0.3) is 11.1 Å². The lowest BCUT2D eigenvalue weighted by Gasteiger charge is -2.04. The Morgan fingerprint density at radius 1 is 1.53 bits per heavy atom. The monoisotopic (exact) mass is 235 g/mol. The molecule has 90 valence electrons. The van der Waals surface area contributed by atoms with Gasteiger partial charge in [0, 0.05) is 19.4 Å². The van der Waals surface area contributed by atoms with Crippen LogP contribution in [0.1, 0.15) is 18.7 Å². The zero-order chi connectivity index (χ0) is 12.3. The Kier molecular flexibility index (Phi) is 3.27. The first kappa shape index (κ1) is 11.4. The van der Waals surface area contributed by atoms with E-state index in [9.17, 15) is 4.79 Å². The molecule has 0 radical (unpaired) electrons. The molecule has 0 unspecified atom stereocenters. The van der Waals surface area contributed by atoms with Crippen molar-refractivity contribution in [2.45, 2.75) is 19.8 Å². The Labute approximate surface area is 98.0 Å². The molecule has 0 aliphatic heterocycles. The third kappa shape index (κ3) is 2.96. The fraction of sp³-hybridized carbons (Fsp3) is 0.333. The molecule has 5 heteroatoms. The summed E-state index contributed by atoms with van der Waals surface area (Å²) in [6, 6.07) is 5.36. The van der Waals surface area contributed by atoms with E-state index in [4.69, 9.17) is 14.3 Å². The summed E-state index contributed by atoms with van der Waals surface area (Å²) >= 11 is 0. The molecule has 0 spiro atoms. The number of fused-ring (bicyclic) bond motifs is 1. The van der Waals surface area contributed by atoms with Crippen LogP contribution in [-0.4, -0.2) is 22.7 Å². The first-order chi connectivity index (χ1) is 8.15. The van der Waals surface area contributed by atoms with Crippen molar-refractivity contribution in [3.63, 3.8) is 0 Å². The van der Waals surface area contributed by atoms with E-state index in [-0.39, 0.29) is 6.42 Å². The average Bonchev–Trinajstić information content (AvgIpc) is 2.63. The summed E-state index contributed by atoms with van der Waals surface area (Å²) < 4.78 is 10.8. The lowest BCUT2D eigenvalue weighted by Crippen LogP contribution is -2.01. The van der Waals surface area contributed by atoms with Crippen LogP contribution < -0.4 is 4.74 Å². The van der Waals surface area contributed by atoms with Gasteiger partial charge in [0.2, 0.25) is 0 Å². The van der Waals surface area contributed by atoms with E-state index >= 15 is 0 Å². The van der Waals surface area contributed by atoms with Crippen LogP contribution in [0.5, 0.6) is 5.75 Å². The van der Waals surface area contributed by atoms with Crippen LogP contribution in [0.3, 0.4) is 0 Å². The Morgan fingerprint density at radius 2 is 2.35 bits per heavy atom. The molecule has 0 atom stereocenters. The van der Waals surface area contributed by atoms with Gasteiger partial charge in [0.25, 0.3) is 0 Å². The van der Waals surface area contributed by atoms with Crippen LogP contribution >= 0.6 is 0 Å². The molecule has 2 rings (SSSR count). The summed E-state index contributed by atoms with van der Waals surface area (Å²) in [6.07, 6.45) is 0.608. The number of rotatable bonds is 5. The summed E-state index contributed by atoms with van der Waals surface area (Å²) in [7, 11) is 0. The number of aromatic nitrogens is 1. The number of hydrogen-bond acceptors (Lipinski definition) is 4. The minimum atomic E-state index is -0.809. The smallest absolute Gasteiger partial charge is 0.303 e. The second-order valence-corrected chi connectivity index (χ2v) is 3.71. The Hall–Kier alpha value is -2.04. The van der Waals surface area contributed by atoms with Gasteiger partial charge in [0.05, 0.1) is 6.61 Å². The number of aliphatic carboxylic acids is 1. The van der Waals surface area contributed by atoms with Gasteiger partial charge in [-0.3, -0.25) is 4.79 Å². The van der Waals surface area contributed by atoms with Gasteiger partial charge in [-0.1, -0.05) is 0 Å². The van der Waals surface area contributed by atoms with E-state index in [2.05, 4.69) is 4.98 Å². The third-order valence-corrected chi connectivity index (χ3v) is 2.27. The van der Waals surface area contributed by atoms with Gasteiger partial charge >= 0.3 is 5.97 Å². The second kappa shape index (κ2) is 4.86. The Morgan fingerprint density at radius 3 is 3.12 bits per heavy atom. The number of carboxylic acids is 1. The maximum Gasteiger partial charge on any atom is 0.303 e. The molecule has 0 aliphatic rings. The topological polar surface area (TPSA) is 72.6 Å². The van der Waals surface area contributed by atoms with E-state index in [1.165, 1.54) is 0 Å². The third-order valence-electron chi connectivity index (χ3n) is 2.27. The summed E-state index contributed by atoms with van der Waals surface area (Å²) in [5, 5.41) is 8.48. The van der Waals surface area contributed by atoms with E-state index < -0.39 is 5.97 Å². The normalized spacial score (nSPS) is 10.6. The minimum Gasteiger partial charge on any atom is -0.493 e. The molecule has 1 heterocycles. The van der Waals surface area contributed by atoms with Gasteiger partial charge in [-0.15, -0.1) is 0 Å². The highest BCUT2D eigenvalue weighted by Gasteiger charge is 2.04. The predicted octanol–water partition coefficient (Wildman–Crippen LogP) is 2.38. The second-order valence-electron chi connectivity index (χ2n) is 3.71. The number of benzene rings is 1. The standard InChI is InChI=1S/C12H13NO4/c1-8-13-10-7-9(4-5-11(10)17-8)16-6-2-3-12(14)15/h4-5,7H,2-3,6H2,1H3,(H,14,15). The summed E-state index contributed by atoms with van der Waals surface area (Å²) in [5.74, 6) is 0.482. The number of aryl methyl sites for hydroxylation is 1. The molecule has 0 saturated heterocycles. The molecule has 2 aromatic rings. The van der Waals surface area contributed by atoms with E-state index in [1.54, 1.807) is 25.1 Å². The first-order valence-corrected chi connectivity index (χ1v) is 5.37. The van der Waals surface area contributed by atoms with Crippen LogP contribution in [0.2, 0.25) is 0 Å². The van der Waals surface area contributed by atoms with E-state index in [0.717, 1.165) is 11.1 Å². The van der Waals surface area contributed by atoms with Gasteiger partial charge in [-0.2, -0.15) is 0 Å². The van der Waals surface area contributed by atoms with Crippen molar-refractivity contribution in [3.8, 4) is 5.75 Å². The fourth-order valence-corrected chi connectivity index (χ4v) is 1.53. The van der Waals surface area contributed by atoms with Gasteiger partial charge in [-0.05, 0) is 18.6 Å². The summed E-state index contributed by atoms with van der Waals surface area (Å²) in [4.78, 5) is 14.5.